The van der Waals surface area contributed by atoms with Crippen LogP contribution in [-0.4, -0.2) is 0 Å². The van der Waals surface area contributed by atoms with Crippen LogP contribution in [0.5, 0.6) is 0 Å². The fourth-order valence-electron chi connectivity index (χ4n) is 11.2. The maximum Gasteiger partial charge on any atom is 0.136 e. The summed E-state index contributed by atoms with van der Waals surface area (Å²) in [5, 5.41) is 10.8. The highest BCUT2D eigenvalue weighted by atomic mass is 16.3. The SMILES string of the molecule is c1cc(-c2ccc3c(c2)c2ccccc2c2cc4c(cc32)C2CC3CC5CC4C35C2)cc(-c2cccc3oc4ccccc4c23)c1. The lowest BCUT2D eigenvalue weighted by Gasteiger charge is -2.68. The van der Waals surface area contributed by atoms with Crippen LogP contribution >= 0.6 is 0 Å². The molecule has 4 aliphatic carbocycles. The Morgan fingerprint density at radius 3 is 2.02 bits per heavy atom. The minimum Gasteiger partial charge on any atom is -0.456 e. The second kappa shape index (κ2) is 8.28. The van der Waals surface area contributed by atoms with Gasteiger partial charge in [-0.3, -0.25) is 0 Å². The second-order valence-corrected chi connectivity index (χ2v) is 14.9. The van der Waals surface area contributed by atoms with E-state index in [2.05, 4.69) is 115 Å². The highest BCUT2D eigenvalue weighted by molar-refractivity contribution is 6.26. The molecule has 1 nitrogen and oxygen atoms in total. The summed E-state index contributed by atoms with van der Waals surface area (Å²) < 4.78 is 6.23. The zero-order valence-electron chi connectivity index (χ0n) is 25.6. The first-order valence-electron chi connectivity index (χ1n) is 17.2. The largest absolute Gasteiger partial charge is 0.456 e. The number of fused-ring (bicyclic) bond motifs is 13. The van der Waals surface area contributed by atoms with Gasteiger partial charge in [-0.1, -0.05) is 84.9 Å². The van der Waals surface area contributed by atoms with Crippen LogP contribution < -0.4 is 0 Å². The van der Waals surface area contributed by atoms with Crippen molar-refractivity contribution in [3.8, 4) is 22.3 Å². The molecule has 218 valence electrons. The minimum atomic E-state index is 0.678. The van der Waals surface area contributed by atoms with Crippen molar-refractivity contribution >= 4 is 54.3 Å². The molecule has 7 aromatic carbocycles. The number of benzene rings is 7. The molecule has 3 fully saturated rings. The van der Waals surface area contributed by atoms with E-state index in [4.69, 9.17) is 4.42 Å². The van der Waals surface area contributed by atoms with Gasteiger partial charge in [0.1, 0.15) is 11.2 Å². The standard InChI is InChI=1S/C45H32O/c1-2-10-33-32(9-1)37-19-26(25-7-5-8-27(17-25)31-12-6-14-43-44(31)35-11-3-4-13-42(35)46-43)15-16-34(37)38-22-36-28-18-29-20-30-21-41(45(29,30)24-28)40(36)23-39(33)38/h1-17,19,22-23,28-30,41H,18,20-21,24H2. The third-order valence-corrected chi connectivity index (χ3v) is 13.2. The summed E-state index contributed by atoms with van der Waals surface area (Å²) in [5.41, 5.74) is 10.9. The van der Waals surface area contributed by atoms with Gasteiger partial charge < -0.3 is 4.42 Å². The molecule has 1 heterocycles. The van der Waals surface area contributed by atoms with Crippen molar-refractivity contribution in [2.24, 2.45) is 17.3 Å². The molecule has 0 radical (unpaired) electrons. The monoisotopic (exact) mass is 588 g/mol. The van der Waals surface area contributed by atoms with Crippen molar-refractivity contribution in [2.45, 2.75) is 37.5 Å². The molecule has 8 aromatic rings. The van der Waals surface area contributed by atoms with Crippen molar-refractivity contribution < 1.29 is 4.42 Å². The molecule has 0 N–H and O–H groups in total. The summed E-state index contributed by atoms with van der Waals surface area (Å²) in [4.78, 5) is 0. The fraction of sp³-hybridized carbons (Fsp3) is 0.200. The summed E-state index contributed by atoms with van der Waals surface area (Å²) >= 11 is 0. The third-order valence-electron chi connectivity index (χ3n) is 13.2. The van der Waals surface area contributed by atoms with Crippen LogP contribution in [0.25, 0.3) is 76.5 Å². The number of furan rings is 1. The van der Waals surface area contributed by atoms with Gasteiger partial charge in [-0.05, 0) is 157 Å². The van der Waals surface area contributed by atoms with E-state index in [1.54, 1.807) is 11.1 Å². The number of rotatable bonds is 2. The molecular weight excluding hydrogens is 556 g/mol. The lowest BCUT2D eigenvalue weighted by Crippen LogP contribution is -2.59. The summed E-state index contributed by atoms with van der Waals surface area (Å²) in [6.45, 7) is 0. The van der Waals surface area contributed by atoms with Crippen molar-refractivity contribution in [1.82, 2.24) is 0 Å². The van der Waals surface area contributed by atoms with Crippen LogP contribution in [0.4, 0.5) is 0 Å². The Labute approximate surface area is 267 Å². The van der Waals surface area contributed by atoms with Gasteiger partial charge in [-0.2, -0.15) is 0 Å². The van der Waals surface area contributed by atoms with Crippen LogP contribution in [0.15, 0.2) is 126 Å². The molecule has 1 heteroatoms. The fourth-order valence-corrected chi connectivity index (χ4v) is 11.2. The van der Waals surface area contributed by atoms with Gasteiger partial charge in [0.05, 0.1) is 0 Å². The average Bonchev–Trinajstić information content (AvgIpc) is 3.68. The van der Waals surface area contributed by atoms with Crippen molar-refractivity contribution in [2.75, 3.05) is 0 Å². The Kier molecular flexibility index (Phi) is 4.38. The van der Waals surface area contributed by atoms with E-state index < -0.39 is 0 Å². The Morgan fingerprint density at radius 1 is 0.478 bits per heavy atom. The van der Waals surface area contributed by atoms with Gasteiger partial charge in [0.2, 0.25) is 0 Å². The van der Waals surface area contributed by atoms with E-state index in [0.717, 1.165) is 34.8 Å². The van der Waals surface area contributed by atoms with E-state index in [9.17, 15) is 0 Å². The quantitative estimate of drug-likeness (QED) is 0.183. The van der Waals surface area contributed by atoms with Crippen molar-refractivity contribution in [3.63, 3.8) is 0 Å². The number of para-hydroxylation sites is 1. The van der Waals surface area contributed by atoms with Gasteiger partial charge in [0.25, 0.3) is 0 Å². The molecule has 12 rings (SSSR count). The zero-order chi connectivity index (χ0) is 29.7. The lowest BCUT2D eigenvalue weighted by atomic mass is 9.36. The average molecular weight is 589 g/mol. The topological polar surface area (TPSA) is 13.1 Å². The van der Waals surface area contributed by atoms with Crippen LogP contribution in [0, 0.1) is 17.3 Å². The molecule has 4 aliphatic rings. The molecule has 2 bridgehead atoms. The Balaban J connectivity index is 1.05. The van der Waals surface area contributed by atoms with Gasteiger partial charge in [-0.25, -0.2) is 0 Å². The molecule has 5 unspecified atom stereocenters. The molecule has 0 saturated heterocycles. The summed E-state index contributed by atoms with van der Waals surface area (Å²) in [7, 11) is 0. The predicted molar refractivity (Wildman–Crippen MR) is 190 cm³/mol. The summed E-state index contributed by atoms with van der Waals surface area (Å²) in [6.07, 6.45) is 5.82. The van der Waals surface area contributed by atoms with E-state index in [-0.39, 0.29) is 0 Å². The first kappa shape index (κ1) is 24.4. The molecule has 1 aromatic heterocycles. The molecule has 5 atom stereocenters. The predicted octanol–water partition coefficient (Wildman–Crippen LogP) is 12.4. The van der Waals surface area contributed by atoms with Crippen LogP contribution in [0.1, 0.15) is 48.6 Å². The number of hydrogen-bond acceptors (Lipinski definition) is 1. The smallest absolute Gasteiger partial charge is 0.136 e. The third kappa shape index (κ3) is 2.85. The van der Waals surface area contributed by atoms with E-state index in [1.165, 1.54) is 91.0 Å². The van der Waals surface area contributed by atoms with Crippen molar-refractivity contribution in [3.05, 3.63) is 132 Å². The lowest BCUT2D eigenvalue weighted by molar-refractivity contribution is -0.146. The van der Waals surface area contributed by atoms with Gasteiger partial charge in [0, 0.05) is 10.8 Å². The second-order valence-electron chi connectivity index (χ2n) is 14.9. The first-order chi connectivity index (χ1) is 22.7. The van der Waals surface area contributed by atoms with Gasteiger partial charge in [-0.15, -0.1) is 0 Å². The summed E-state index contributed by atoms with van der Waals surface area (Å²) in [6, 6.07) is 45.5. The Morgan fingerprint density at radius 2 is 1.15 bits per heavy atom. The maximum absolute atomic E-state index is 6.23. The zero-order valence-corrected chi connectivity index (χ0v) is 25.6. The highest BCUT2D eigenvalue weighted by Gasteiger charge is 2.71. The van der Waals surface area contributed by atoms with Crippen LogP contribution in [0.3, 0.4) is 0 Å². The molecular formula is C45H32O. The van der Waals surface area contributed by atoms with Crippen LogP contribution in [0.2, 0.25) is 0 Å². The van der Waals surface area contributed by atoms with E-state index in [1.807, 2.05) is 6.07 Å². The molecule has 0 amide bonds. The number of hydrogen-bond donors (Lipinski definition) is 0. The normalized spacial score (nSPS) is 25.6. The Bertz CT molecular complexity index is 2640. The molecule has 46 heavy (non-hydrogen) atoms. The van der Waals surface area contributed by atoms with Gasteiger partial charge >= 0.3 is 0 Å². The summed E-state index contributed by atoms with van der Waals surface area (Å²) in [5.74, 6) is 3.59. The van der Waals surface area contributed by atoms with E-state index in [0.29, 0.717) is 5.41 Å². The molecule has 1 spiro atoms. The molecule has 3 saturated carbocycles. The van der Waals surface area contributed by atoms with Crippen LogP contribution in [-0.2, 0) is 0 Å². The van der Waals surface area contributed by atoms with Crippen molar-refractivity contribution in [1.29, 1.82) is 0 Å². The highest BCUT2D eigenvalue weighted by Crippen LogP contribution is 2.81. The molecule has 0 aliphatic heterocycles. The Hall–Kier alpha value is -4.88. The van der Waals surface area contributed by atoms with E-state index >= 15 is 0 Å². The maximum atomic E-state index is 6.23. The first-order valence-corrected chi connectivity index (χ1v) is 17.2. The minimum absolute atomic E-state index is 0.678. The van der Waals surface area contributed by atoms with Gasteiger partial charge in [0.15, 0.2) is 0 Å².